The van der Waals surface area contributed by atoms with Crippen LogP contribution in [0.1, 0.15) is 31.9 Å². The Morgan fingerprint density at radius 3 is 2.63 bits per heavy atom. The Balaban J connectivity index is 1.73. The van der Waals surface area contributed by atoms with E-state index < -0.39 is 5.54 Å². The summed E-state index contributed by atoms with van der Waals surface area (Å²) in [4.78, 5) is 12.6. The standard InChI is InChI=1S/C23H26ClNO5/c1-5-28-20-13-15(12-17(24)22(20)27-4)6-9-21(26)25-23(2,3)16-7-8-18-19(14-16)30-11-10-29-18/h6-9,12-14H,5,10-11H2,1-4H3,(H,25,26)/b9-6+. The fraction of sp³-hybridized carbons (Fsp3) is 0.348. The van der Waals surface area contributed by atoms with Crippen molar-refractivity contribution in [1.29, 1.82) is 0 Å². The minimum Gasteiger partial charge on any atom is -0.491 e. The molecular weight excluding hydrogens is 406 g/mol. The minimum atomic E-state index is -0.606. The van der Waals surface area contributed by atoms with E-state index in [1.807, 2.05) is 39.0 Å². The Labute approximate surface area is 181 Å². The Morgan fingerprint density at radius 1 is 1.20 bits per heavy atom. The van der Waals surface area contributed by atoms with Gasteiger partial charge in [0, 0.05) is 6.08 Å². The summed E-state index contributed by atoms with van der Waals surface area (Å²) in [6.07, 6.45) is 3.15. The normalized spacial score (nSPS) is 13.2. The smallest absolute Gasteiger partial charge is 0.244 e. The highest BCUT2D eigenvalue weighted by molar-refractivity contribution is 6.32. The summed E-state index contributed by atoms with van der Waals surface area (Å²) >= 11 is 6.27. The highest BCUT2D eigenvalue weighted by Crippen LogP contribution is 2.37. The maximum absolute atomic E-state index is 12.6. The van der Waals surface area contributed by atoms with Gasteiger partial charge in [-0.3, -0.25) is 4.79 Å². The maximum Gasteiger partial charge on any atom is 0.244 e. The van der Waals surface area contributed by atoms with E-state index in [1.54, 1.807) is 18.2 Å². The first-order chi connectivity index (χ1) is 14.3. The number of hydrogen-bond donors (Lipinski definition) is 1. The van der Waals surface area contributed by atoms with Crippen LogP contribution in [0.15, 0.2) is 36.4 Å². The van der Waals surface area contributed by atoms with E-state index in [1.165, 1.54) is 13.2 Å². The number of benzene rings is 2. The van der Waals surface area contributed by atoms with Gasteiger partial charge >= 0.3 is 0 Å². The topological polar surface area (TPSA) is 66.0 Å². The van der Waals surface area contributed by atoms with Crippen molar-refractivity contribution in [3.8, 4) is 23.0 Å². The van der Waals surface area contributed by atoms with Crippen molar-refractivity contribution in [2.24, 2.45) is 0 Å². The molecule has 0 unspecified atom stereocenters. The summed E-state index contributed by atoms with van der Waals surface area (Å²) in [5, 5.41) is 3.43. The van der Waals surface area contributed by atoms with Crippen LogP contribution in [-0.2, 0) is 10.3 Å². The van der Waals surface area contributed by atoms with Gasteiger partial charge in [-0.05, 0) is 62.2 Å². The number of fused-ring (bicyclic) bond motifs is 1. The van der Waals surface area contributed by atoms with Gasteiger partial charge in [-0.25, -0.2) is 0 Å². The SMILES string of the molecule is CCOc1cc(/C=C/C(=O)NC(C)(C)c2ccc3c(c2)OCCO3)cc(Cl)c1OC. The van der Waals surface area contributed by atoms with Crippen LogP contribution in [0.4, 0.5) is 0 Å². The molecule has 0 aliphatic carbocycles. The molecule has 0 atom stereocenters. The molecule has 1 aliphatic rings. The Kier molecular flexibility index (Phi) is 6.77. The second kappa shape index (κ2) is 9.30. The van der Waals surface area contributed by atoms with E-state index in [-0.39, 0.29) is 5.91 Å². The second-order valence-corrected chi connectivity index (χ2v) is 7.68. The third-order valence-corrected chi connectivity index (χ3v) is 4.94. The van der Waals surface area contributed by atoms with Gasteiger partial charge in [-0.1, -0.05) is 17.7 Å². The highest BCUT2D eigenvalue weighted by atomic mass is 35.5. The first kappa shape index (κ1) is 21.8. The lowest BCUT2D eigenvalue weighted by Gasteiger charge is -2.28. The molecule has 0 saturated carbocycles. The van der Waals surface area contributed by atoms with Crippen LogP contribution in [0.2, 0.25) is 5.02 Å². The molecule has 0 saturated heterocycles. The van der Waals surface area contributed by atoms with E-state index in [9.17, 15) is 4.79 Å². The molecule has 1 amide bonds. The van der Waals surface area contributed by atoms with Gasteiger partial charge in [0.15, 0.2) is 23.0 Å². The zero-order chi connectivity index (χ0) is 21.7. The molecule has 2 aromatic rings. The molecule has 1 heterocycles. The molecule has 0 bridgehead atoms. The van der Waals surface area contributed by atoms with Crippen LogP contribution in [0.25, 0.3) is 6.08 Å². The van der Waals surface area contributed by atoms with E-state index in [0.717, 1.165) is 11.1 Å². The Morgan fingerprint density at radius 2 is 1.93 bits per heavy atom. The van der Waals surface area contributed by atoms with Crippen molar-refractivity contribution in [3.63, 3.8) is 0 Å². The average molecular weight is 432 g/mol. The van der Waals surface area contributed by atoms with Crippen LogP contribution in [0, 0.1) is 0 Å². The molecule has 2 aromatic carbocycles. The van der Waals surface area contributed by atoms with Crippen LogP contribution >= 0.6 is 11.6 Å². The quantitative estimate of drug-likeness (QED) is 0.650. The molecule has 0 fully saturated rings. The van der Waals surface area contributed by atoms with Gasteiger partial charge in [0.25, 0.3) is 0 Å². The lowest BCUT2D eigenvalue weighted by Crippen LogP contribution is -2.40. The largest absolute Gasteiger partial charge is 0.491 e. The number of ether oxygens (including phenoxy) is 4. The van der Waals surface area contributed by atoms with Crippen molar-refractivity contribution < 1.29 is 23.7 Å². The van der Waals surface area contributed by atoms with E-state index >= 15 is 0 Å². The number of carbonyl (C=O) groups excluding carboxylic acids is 1. The zero-order valence-corrected chi connectivity index (χ0v) is 18.3. The fourth-order valence-electron chi connectivity index (χ4n) is 3.17. The number of amides is 1. The number of carbonyl (C=O) groups is 1. The molecule has 0 aromatic heterocycles. The van der Waals surface area contributed by atoms with Crippen LogP contribution in [-0.4, -0.2) is 32.8 Å². The molecule has 30 heavy (non-hydrogen) atoms. The van der Waals surface area contributed by atoms with Gasteiger partial charge in [0.1, 0.15) is 13.2 Å². The molecule has 7 heteroatoms. The van der Waals surface area contributed by atoms with Gasteiger partial charge in [0.05, 0.1) is 24.3 Å². The number of methoxy groups -OCH3 is 1. The van der Waals surface area contributed by atoms with Gasteiger partial charge < -0.3 is 24.3 Å². The minimum absolute atomic E-state index is 0.236. The first-order valence-corrected chi connectivity index (χ1v) is 10.1. The number of nitrogens with one attached hydrogen (secondary N) is 1. The maximum atomic E-state index is 12.6. The molecule has 3 rings (SSSR count). The van der Waals surface area contributed by atoms with Gasteiger partial charge in [-0.2, -0.15) is 0 Å². The van der Waals surface area contributed by atoms with Crippen LogP contribution in [0.5, 0.6) is 23.0 Å². The molecule has 1 aliphatic heterocycles. The molecule has 6 nitrogen and oxygen atoms in total. The summed E-state index contributed by atoms with van der Waals surface area (Å²) in [6, 6.07) is 9.19. The molecule has 0 radical (unpaired) electrons. The molecular formula is C23H26ClNO5. The highest BCUT2D eigenvalue weighted by Gasteiger charge is 2.24. The zero-order valence-electron chi connectivity index (χ0n) is 17.6. The number of hydrogen-bond acceptors (Lipinski definition) is 5. The van der Waals surface area contributed by atoms with E-state index in [4.69, 9.17) is 30.5 Å². The van der Waals surface area contributed by atoms with Gasteiger partial charge in [-0.15, -0.1) is 0 Å². The molecule has 160 valence electrons. The van der Waals surface area contributed by atoms with Crippen molar-refractivity contribution in [2.75, 3.05) is 26.9 Å². The number of rotatable bonds is 7. The van der Waals surface area contributed by atoms with Gasteiger partial charge in [0.2, 0.25) is 5.91 Å². The van der Waals surface area contributed by atoms with E-state index in [2.05, 4.69) is 5.32 Å². The monoisotopic (exact) mass is 431 g/mol. The fourth-order valence-corrected chi connectivity index (χ4v) is 3.47. The molecule has 1 N–H and O–H groups in total. The Bertz CT molecular complexity index is 955. The lowest BCUT2D eigenvalue weighted by molar-refractivity contribution is -0.118. The second-order valence-electron chi connectivity index (χ2n) is 7.27. The summed E-state index contributed by atoms with van der Waals surface area (Å²) in [5.41, 5.74) is 1.04. The van der Waals surface area contributed by atoms with Crippen molar-refractivity contribution in [2.45, 2.75) is 26.3 Å². The lowest BCUT2D eigenvalue weighted by atomic mass is 9.93. The molecule has 0 spiro atoms. The summed E-state index contributed by atoms with van der Waals surface area (Å²) in [7, 11) is 1.53. The van der Waals surface area contributed by atoms with E-state index in [0.29, 0.717) is 47.8 Å². The van der Waals surface area contributed by atoms with Crippen LogP contribution < -0.4 is 24.3 Å². The third-order valence-electron chi connectivity index (χ3n) is 4.66. The third kappa shape index (κ3) is 5.00. The van der Waals surface area contributed by atoms with Crippen LogP contribution in [0.3, 0.4) is 0 Å². The first-order valence-electron chi connectivity index (χ1n) is 9.74. The van der Waals surface area contributed by atoms with Crippen molar-refractivity contribution in [1.82, 2.24) is 5.32 Å². The van der Waals surface area contributed by atoms with Crippen molar-refractivity contribution in [3.05, 3.63) is 52.6 Å². The average Bonchev–Trinajstić information content (AvgIpc) is 2.72. The number of halogens is 1. The van der Waals surface area contributed by atoms with Crippen molar-refractivity contribution >= 4 is 23.6 Å². The summed E-state index contributed by atoms with van der Waals surface area (Å²) in [5.74, 6) is 2.17. The predicted octanol–water partition coefficient (Wildman–Crippen LogP) is 4.58. The summed E-state index contributed by atoms with van der Waals surface area (Å²) in [6.45, 7) is 7.27. The Hall–Kier alpha value is -2.86. The predicted molar refractivity (Wildman–Crippen MR) is 117 cm³/mol. The summed E-state index contributed by atoms with van der Waals surface area (Å²) < 4.78 is 22.1.